The van der Waals surface area contributed by atoms with E-state index < -0.39 is 10.1 Å². The molecular weight excluding hydrogens is 435 g/mol. The molecule has 0 spiro atoms. The van der Waals surface area contributed by atoms with Crippen molar-refractivity contribution < 1.29 is 13.0 Å². The Morgan fingerprint density at radius 1 is 0.844 bits per heavy atom. The quantitative estimate of drug-likeness (QED) is 0.359. The molecule has 1 atom stereocenters. The summed E-state index contributed by atoms with van der Waals surface area (Å²) in [4.78, 5) is 0.0455. The van der Waals surface area contributed by atoms with E-state index in [9.17, 15) is 13.0 Å². The molecule has 2 fully saturated rings. The van der Waals surface area contributed by atoms with Gasteiger partial charge in [-0.3, -0.25) is 4.55 Å². The average Bonchev–Trinajstić information content (AvgIpc) is 3.10. The van der Waals surface area contributed by atoms with Gasteiger partial charge in [-0.2, -0.15) is 8.42 Å². The molecule has 172 valence electrons. The second-order valence-electron chi connectivity index (χ2n) is 9.93. The Hall–Kier alpha value is -1.22. The molecule has 0 bridgehead atoms. The molecule has 0 radical (unpaired) electrons. The predicted molar refractivity (Wildman–Crippen MR) is 133 cm³/mol. The van der Waals surface area contributed by atoms with Gasteiger partial charge in [-0.05, 0) is 77.8 Å². The van der Waals surface area contributed by atoms with Crippen molar-refractivity contribution in [2.75, 3.05) is 0 Å². The Balaban J connectivity index is 1.76. The van der Waals surface area contributed by atoms with E-state index in [1.54, 1.807) is 6.07 Å². The van der Waals surface area contributed by atoms with E-state index in [2.05, 4.69) is 31.2 Å². The molecule has 32 heavy (non-hydrogen) atoms. The van der Waals surface area contributed by atoms with E-state index in [4.69, 9.17) is 0 Å². The van der Waals surface area contributed by atoms with Crippen molar-refractivity contribution in [3.05, 3.63) is 53.6 Å². The van der Waals surface area contributed by atoms with Gasteiger partial charge in [0.2, 0.25) is 0 Å². The van der Waals surface area contributed by atoms with Crippen LogP contribution in [0, 0.1) is 0 Å². The molecule has 0 aliphatic heterocycles. The summed E-state index contributed by atoms with van der Waals surface area (Å²) in [7, 11) is -4.62. The Morgan fingerprint density at radius 2 is 1.41 bits per heavy atom. The molecule has 5 rings (SSSR count). The third-order valence-corrected chi connectivity index (χ3v) is 13.4. The molecular formula is C27H35O3PS. The molecule has 0 heterocycles. The number of hydrogen-bond acceptors (Lipinski definition) is 2. The topological polar surface area (TPSA) is 54.4 Å². The smallest absolute Gasteiger partial charge is 0.282 e. The molecule has 3 aliphatic carbocycles. The minimum atomic E-state index is -4.24. The van der Waals surface area contributed by atoms with Crippen LogP contribution >= 0.6 is 7.92 Å². The van der Waals surface area contributed by atoms with Gasteiger partial charge in [0.05, 0.1) is 4.90 Å². The largest absolute Gasteiger partial charge is 0.294 e. The first-order valence-electron chi connectivity index (χ1n) is 12.5. The fourth-order valence-electron chi connectivity index (χ4n) is 6.97. The van der Waals surface area contributed by atoms with Crippen LogP contribution in [0.2, 0.25) is 0 Å². The van der Waals surface area contributed by atoms with E-state index in [1.807, 2.05) is 12.1 Å². The molecule has 5 heteroatoms. The van der Waals surface area contributed by atoms with Gasteiger partial charge >= 0.3 is 0 Å². The molecule has 3 aliphatic rings. The van der Waals surface area contributed by atoms with Crippen molar-refractivity contribution in [1.29, 1.82) is 0 Å². The standard InChI is InChI=1S/C27H35O3PS/c1-2-27(31(20-11-5-3-6-12-20)21-13-7-4-8-14-21)25-16-10-9-15-23(25)24-18-17-22(19-26(24)27)32(28,29)30/h9-10,15-21H,2-8,11-14H2,1H3,(H,28,29,30)/t27-/m1/s1. The van der Waals surface area contributed by atoms with E-state index in [-0.39, 0.29) is 18.0 Å². The highest BCUT2D eigenvalue weighted by molar-refractivity contribution is 7.85. The molecule has 0 aromatic heterocycles. The maximum atomic E-state index is 12.1. The van der Waals surface area contributed by atoms with Crippen molar-refractivity contribution in [3.63, 3.8) is 0 Å². The lowest BCUT2D eigenvalue weighted by Gasteiger charge is -2.50. The fraction of sp³-hybridized carbons (Fsp3) is 0.556. The van der Waals surface area contributed by atoms with Crippen LogP contribution in [0.25, 0.3) is 11.1 Å². The Morgan fingerprint density at radius 3 is 1.97 bits per heavy atom. The van der Waals surface area contributed by atoms with Crippen LogP contribution in [-0.4, -0.2) is 24.3 Å². The summed E-state index contributed by atoms with van der Waals surface area (Å²) < 4.78 is 34.2. The monoisotopic (exact) mass is 470 g/mol. The lowest BCUT2D eigenvalue weighted by molar-refractivity contribution is 0.473. The molecule has 3 nitrogen and oxygen atoms in total. The van der Waals surface area contributed by atoms with Gasteiger partial charge in [0.1, 0.15) is 0 Å². The summed E-state index contributed by atoms with van der Waals surface area (Å²) in [6, 6.07) is 14.2. The van der Waals surface area contributed by atoms with Crippen molar-refractivity contribution in [2.45, 2.75) is 98.9 Å². The van der Waals surface area contributed by atoms with Gasteiger partial charge in [0.15, 0.2) is 0 Å². The number of fused-ring (bicyclic) bond motifs is 3. The maximum Gasteiger partial charge on any atom is 0.294 e. The Kier molecular flexibility index (Phi) is 6.24. The van der Waals surface area contributed by atoms with Crippen LogP contribution < -0.4 is 0 Å². The Labute approximate surface area is 194 Å². The van der Waals surface area contributed by atoms with Crippen LogP contribution in [0.5, 0.6) is 0 Å². The third kappa shape index (κ3) is 3.67. The Bertz CT molecular complexity index is 1070. The highest BCUT2D eigenvalue weighted by Crippen LogP contribution is 2.74. The second-order valence-corrected chi connectivity index (χ2v) is 14.4. The zero-order valence-corrected chi connectivity index (χ0v) is 20.8. The molecule has 2 saturated carbocycles. The van der Waals surface area contributed by atoms with Crippen LogP contribution in [0.15, 0.2) is 47.4 Å². The maximum absolute atomic E-state index is 12.1. The molecule has 0 amide bonds. The normalized spacial score (nSPS) is 24.5. The van der Waals surface area contributed by atoms with Crippen molar-refractivity contribution >= 4 is 18.0 Å². The summed E-state index contributed by atoms with van der Waals surface area (Å²) in [5.41, 5.74) is 6.51. The highest BCUT2D eigenvalue weighted by atomic mass is 32.2. The van der Waals surface area contributed by atoms with Crippen LogP contribution in [0.3, 0.4) is 0 Å². The lowest BCUT2D eigenvalue weighted by Crippen LogP contribution is -2.34. The van der Waals surface area contributed by atoms with Gasteiger partial charge in [-0.25, -0.2) is 0 Å². The summed E-state index contributed by atoms with van der Waals surface area (Å²) in [5, 5.41) is -0.119. The first-order valence-corrected chi connectivity index (χ1v) is 15.4. The first-order chi connectivity index (χ1) is 15.5. The van der Waals surface area contributed by atoms with Gasteiger partial charge < -0.3 is 0 Å². The van der Waals surface area contributed by atoms with Crippen LogP contribution in [0.1, 0.15) is 88.7 Å². The minimum Gasteiger partial charge on any atom is -0.282 e. The first kappa shape index (κ1) is 22.6. The van der Waals surface area contributed by atoms with Crippen molar-refractivity contribution in [2.24, 2.45) is 0 Å². The molecule has 2 aromatic carbocycles. The van der Waals surface area contributed by atoms with Crippen molar-refractivity contribution in [1.82, 2.24) is 0 Å². The SMILES string of the molecule is CC[C@@]1(P(C2CCCCC2)C2CCCCC2)c2ccccc2-c2ccc(S(=O)(=O)O)cc21. The molecule has 0 saturated heterocycles. The van der Waals surface area contributed by atoms with Gasteiger partial charge in [0.25, 0.3) is 10.1 Å². The van der Waals surface area contributed by atoms with Crippen molar-refractivity contribution in [3.8, 4) is 11.1 Å². The molecule has 2 aromatic rings. The molecule has 1 N–H and O–H groups in total. The van der Waals surface area contributed by atoms with Crippen LogP contribution in [-0.2, 0) is 15.3 Å². The average molecular weight is 471 g/mol. The third-order valence-electron chi connectivity index (χ3n) is 8.29. The summed E-state index contributed by atoms with van der Waals surface area (Å²) in [5.74, 6) is 0. The van der Waals surface area contributed by atoms with Gasteiger partial charge in [-0.15, -0.1) is 0 Å². The van der Waals surface area contributed by atoms with E-state index in [0.29, 0.717) is 0 Å². The summed E-state index contributed by atoms with van der Waals surface area (Å²) in [6.07, 6.45) is 14.3. The van der Waals surface area contributed by atoms with Gasteiger partial charge in [-0.1, -0.05) is 83.7 Å². The minimum absolute atomic E-state index is 0.0455. The van der Waals surface area contributed by atoms with E-state index in [0.717, 1.165) is 17.7 Å². The summed E-state index contributed by atoms with van der Waals surface area (Å²) in [6.45, 7) is 2.31. The number of hydrogen-bond donors (Lipinski definition) is 1. The summed E-state index contributed by atoms with van der Waals surface area (Å²) >= 11 is 0. The van der Waals surface area contributed by atoms with Gasteiger partial charge in [0, 0.05) is 5.16 Å². The molecule has 0 unspecified atom stereocenters. The number of rotatable bonds is 5. The second kappa shape index (κ2) is 8.85. The lowest BCUT2D eigenvalue weighted by atomic mass is 9.93. The predicted octanol–water partition coefficient (Wildman–Crippen LogP) is 7.71. The van der Waals surface area contributed by atoms with E-state index >= 15 is 0 Å². The highest BCUT2D eigenvalue weighted by Gasteiger charge is 2.52. The van der Waals surface area contributed by atoms with Crippen LogP contribution in [0.4, 0.5) is 0 Å². The number of benzene rings is 2. The zero-order chi connectivity index (χ0) is 22.3. The fourth-order valence-corrected chi connectivity index (χ4v) is 12.5. The zero-order valence-electron chi connectivity index (χ0n) is 19.1. The van der Waals surface area contributed by atoms with E-state index in [1.165, 1.54) is 86.5 Å².